The van der Waals surface area contributed by atoms with Crippen LogP contribution in [0.25, 0.3) is 0 Å². The van der Waals surface area contributed by atoms with Crippen molar-refractivity contribution in [3.63, 3.8) is 0 Å². The number of esters is 3. The summed E-state index contributed by atoms with van der Waals surface area (Å²) >= 11 is 0. The maximum atomic E-state index is 12.8. The van der Waals surface area contributed by atoms with Crippen molar-refractivity contribution in [1.29, 1.82) is 0 Å². The lowest BCUT2D eigenvalue weighted by Gasteiger charge is -2.18. The van der Waals surface area contributed by atoms with Crippen LogP contribution in [0, 0.1) is 0 Å². The van der Waals surface area contributed by atoms with Gasteiger partial charge in [0.15, 0.2) is 6.10 Å². The summed E-state index contributed by atoms with van der Waals surface area (Å²) in [6.45, 7) is 6.60. The summed E-state index contributed by atoms with van der Waals surface area (Å²) in [7, 11) is 0. The molecule has 0 saturated carbocycles. The lowest BCUT2D eigenvalue weighted by molar-refractivity contribution is -0.167. The van der Waals surface area contributed by atoms with Crippen molar-refractivity contribution in [2.75, 3.05) is 13.2 Å². The van der Waals surface area contributed by atoms with E-state index in [-0.39, 0.29) is 31.1 Å². The Morgan fingerprint density at radius 3 is 0.934 bits per heavy atom. The third-order valence-electron chi connectivity index (χ3n) is 11.6. The van der Waals surface area contributed by atoms with Crippen LogP contribution in [0.3, 0.4) is 0 Å². The second-order valence-corrected chi connectivity index (χ2v) is 17.8. The number of unbranched alkanes of at least 4 members (excludes halogenated alkanes) is 31. The van der Waals surface area contributed by atoms with Gasteiger partial charge >= 0.3 is 17.9 Å². The van der Waals surface area contributed by atoms with Crippen molar-refractivity contribution in [3.8, 4) is 0 Å². The highest BCUT2D eigenvalue weighted by atomic mass is 16.6. The topological polar surface area (TPSA) is 78.9 Å². The van der Waals surface area contributed by atoms with E-state index in [0.717, 1.165) is 70.6 Å². The molecule has 0 aliphatic rings. The SMILES string of the molecule is CCCCCC/C=C\CCCCCCCC(=O)OC(COC(=O)CCCCCCCCCCC)COC(=O)CCCCCCCCCCC/C=C\C/C=C\CCCCCCC. The van der Waals surface area contributed by atoms with Gasteiger partial charge in [-0.25, -0.2) is 0 Å². The van der Waals surface area contributed by atoms with Gasteiger partial charge in [-0.15, -0.1) is 0 Å². The summed E-state index contributed by atoms with van der Waals surface area (Å²) in [5.74, 6) is -0.881. The predicted molar refractivity (Wildman–Crippen MR) is 261 cm³/mol. The second-order valence-electron chi connectivity index (χ2n) is 17.8. The molecule has 0 aliphatic carbocycles. The van der Waals surface area contributed by atoms with E-state index in [1.165, 1.54) is 167 Å². The maximum absolute atomic E-state index is 12.8. The Morgan fingerprint density at radius 2 is 0.590 bits per heavy atom. The maximum Gasteiger partial charge on any atom is 0.306 e. The molecule has 0 N–H and O–H groups in total. The van der Waals surface area contributed by atoms with Gasteiger partial charge < -0.3 is 14.2 Å². The molecule has 0 heterocycles. The van der Waals surface area contributed by atoms with Gasteiger partial charge in [-0.1, -0.05) is 218 Å². The Morgan fingerprint density at radius 1 is 0.328 bits per heavy atom. The molecule has 0 aromatic rings. The molecule has 1 unspecified atom stereocenters. The van der Waals surface area contributed by atoms with Gasteiger partial charge in [0.05, 0.1) is 0 Å². The third kappa shape index (κ3) is 48.5. The van der Waals surface area contributed by atoms with Crippen LogP contribution in [0.5, 0.6) is 0 Å². The lowest BCUT2D eigenvalue weighted by atomic mass is 10.1. The molecule has 61 heavy (non-hydrogen) atoms. The molecule has 0 saturated heterocycles. The highest BCUT2D eigenvalue weighted by molar-refractivity contribution is 5.71. The summed E-state index contributed by atoms with van der Waals surface area (Å²) < 4.78 is 16.8. The molecule has 0 aliphatic heterocycles. The summed E-state index contributed by atoms with van der Waals surface area (Å²) in [5.41, 5.74) is 0. The zero-order chi connectivity index (χ0) is 44.4. The van der Waals surface area contributed by atoms with Crippen LogP contribution < -0.4 is 0 Å². The summed E-state index contributed by atoms with van der Waals surface area (Å²) in [6, 6.07) is 0. The fraction of sp³-hybridized carbons (Fsp3) is 0.836. The average Bonchev–Trinajstić information content (AvgIpc) is 3.26. The number of ether oxygens (including phenoxy) is 3. The van der Waals surface area contributed by atoms with Gasteiger partial charge in [0.2, 0.25) is 0 Å². The third-order valence-corrected chi connectivity index (χ3v) is 11.6. The fourth-order valence-corrected chi connectivity index (χ4v) is 7.59. The first kappa shape index (κ1) is 58.6. The first-order valence-electron chi connectivity index (χ1n) is 26.5. The van der Waals surface area contributed by atoms with Crippen LogP contribution >= 0.6 is 0 Å². The van der Waals surface area contributed by atoms with E-state index in [2.05, 4.69) is 57.2 Å². The number of allylic oxidation sites excluding steroid dienone is 6. The van der Waals surface area contributed by atoms with E-state index >= 15 is 0 Å². The smallest absolute Gasteiger partial charge is 0.306 e. The predicted octanol–water partition coefficient (Wildman–Crippen LogP) is 17.3. The minimum Gasteiger partial charge on any atom is -0.462 e. The van der Waals surface area contributed by atoms with Gasteiger partial charge in [0.25, 0.3) is 0 Å². The highest BCUT2D eigenvalue weighted by Crippen LogP contribution is 2.15. The van der Waals surface area contributed by atoms with Crippen molar-refractivity contribution >= 4 is 17.9 Å². The first-order chi connectivity index (χ1) is 30.0. The van der Waals surface area contributed by atoms with Crippen LogP contribution in [0.1, 0.15) is 278 Å². The molecule has 0 aromatic carbocycles. The molecule has 6 heteroatoms. The molecule has 0 rings (SSSR count). The molecule has 0 amide bonds. The van der Waals surface area contributed by atoms with E-state index in [1.54, 1.807) is 0 Å². The van der Waals surface area contributed by atoms with E-state index in [0.29, 0.717) is 19.3 Å². The Balaban J connectivity index is 4.25. The quantitative estimate of drug-likeness (QED) is 0.0262. The highest BCUT2D eigenvalue weighted by Gasteiger charge is 2.19. The second kappa shape index (κ2) is 50.3. The van der Waals surface area contributed by atoms with E-state index < -0.39 is 6.10 Å². The number of hydrogen-bond acceptors (Lipinski definition) is 6. The van der Waals surface area contributed by atoms with E-state index in [4.69, 9.17) is 14.2 Å². The molecular formula is C55H100O6. The minimum atomic E-state index is -0.773. The van der Waals surface area contributed by atoms with Crippen LogP contribution in [0.15, 0.2) is 36.5 Å². The molecular weight excluding hydrogens is 757 g/mol. The Kier molecular flexibility index (Phi) is 48.3. The molecule has 0 fully saturated rings. The molecule has 6 nitrogen and oxygen atoms in total. The van der Waals surface area contributed by atoms with Gasteiger partial charge in [0.1, 0.15) is 13.2 Å². The summed E-state index contributed by atoms with van der Waals surface area (Å²) in [4.78, 5) is 37.9. The Labute approximate surface area is 378 Å². The average molecular weight is 857 g/mol. The molecule has 0 aromatic heterocycles. The number of rotatable bonds is 48. The number of carbonyl (C=O) groups is 3. The monoisotopic (exact) mass is 857 g/mol. The first-order valence-corrected chi connectivity index (χ1v) is 26.5. The molecule has 1 atom stereocenters. The zero-order valence-corrected chi connectivity index (χ0v) is 40.7. The van der Waals surface area contributed by atoms with Crippen molar-refractivity contribution in [1.82, 2.24) is 0 Å². The fourth-order valence-electron chi connectivity index (χ4n) is 7.59. The van der Waals surface area contributed by atoms with E-state index in [9.17, 15) is 14.4 Å². The Hall–Kier alpha value is -2.37. The molecule has 0 radical (unpaired) electrons. The van der Waals surface area contributed by atoms with Gasteiger partial charge in [0, 0.05) is 19.3 Å². The van der Waals surface area contributed by atoms with Crippen LogP contribution in [-0.4, -0.2) is 37.2 Å². The largest absolute Gasteiger partial charge is 0.462 e. The van der Waals surface area contributed by atoms with Crippen molar-refractivity contribution in [2.45, 2.75) is 284 Å². The Bertz CT molecular complexity index is 1030. The van der Waals surface area contributed by atoms with Crippen LogP contribution in [0.4, 0.5) is 0 Å². The zero-order valence-electron chi connectivity index (χ0n) is 40.7. The lowest BCUT2D eigenvalue weighted by Crippen LogP contribution is -2.30. The van der Waals surface area contributed by atoms with Crippen molar-refractivity contribution in [2.24, 2.45) is 0 Å². The number of carbonyl (C=O) groups excluding carboxylic acids is 3. The molecule has 0 bridgehead atoms. The standard InChI is InChI=1S/C55H100O6/c1-4-7-10-13-16-19-21-23-24-25-26-27-28-29-30-32-33-36-39-42-45-48-54(57)60-51-52(50-59-53(56)47-44-41-38-35-18-15-12-9-6-3)61-55(58)49-46-43-40-37-34-31-22-20-17-14-11-8-5-2/h20-23,25-26,52H,4-19,24,27-51H2,1-3H3/b22-20-,23-21-,26-25-. The van der Waals surface area contributed by atoms with Crippen molar-refractivity contribution in [3.05, 3.63) is 36.5 Å². The molecule has 0 spiro atoms. The summed E-state index contributed by atoms with van der Waals surface area (Å²) in [5, 5.41) is 0. The van der Waals surface area contributed by atoms with Gasteiger partial charge in [-0.05, 0) is 77.0 Å². The summed E-state index contributed by atoms with van der Waals surface area (Å²) in [6.07, 6.45) is 58.5. The minimum absolute atomic E-state index is 0.0743. The van der Waals surface area contributed by atoms with Crippen molar-refractivity contribution < 1.29 is 28.6 Å². The molecule has 356 valence electrons. The van der Waals surface area contributed by atoms with Crippen LogP contribution in [0.2, 0.25) is 0 Å². The van der Waals surface area contributed by atoms with Crippen LogP contribution in [-0.2, 0) is 28.6 Å². The van der Waals surface area contributed by atoms with Gasteiger partial charge in [-0.3, -0.25) is 14.4 Å². The normalized spacial score (nSPS) is 12.2. The van der Waals surface area contributed by atoms with E-state index in [1.807, 2.05) is 0 Å². The number of hydrogen-bond donors (Lipinski definition) is 0. The van der Waals surface area contributed by atoms with Gasteiger partial charge in [-0.2, -0.15) is 0 Å².